The van der Waals surface area contributed by atoms with Crippen LogP contribution in [-0.4, -0.2) is 68.6 Å². The molecular formula is C31H30F2N4O6. The smallest absolute Gasteiger partial charge is 0.323 e. The molecule has 2 N–H and O–H groups in total. The Bertz CT molecular complexity index is 1600. The largest absolute Gasteiger partial charge is 0.489 e. The molecular weight excluding hydrogens is 562 g/mol. The van der Waals surface area contributed by atoms with Crippen molar-refractivity contribution >= 4 is 28.3 Å². The van der Waals surface area contributed by atoms with Crippen molar-refractivity contribution in [1.29, 1.82) is 0 Å². The lowest BCUT2D eigenvalue weighted by molar-refractivity contribution is 0.0357. The number of fused-ring (bicyclic) bond motifs is 3. The second-order valence-corrected chi connectivity index (χ2v) is 9.92. The fourth-order valence-electron chi connectivity index (χ4n) is 4.87. The number of halogens is 2. The van der Waals surface area contributed by atoms with E-state index in [-0.39, 0.29) is 5.69 Å². The van der Waals surface area contributed by atoms with Crippen LogP contribution in [0.1, 0.15) is 6.42 Å². The minimum atomic E-state index is -0.873. The lowest BCUT2D eigenvalue weighted by Gasteiger charge is -2.26. The van der Waals surface area contributed by atoms with Crippen molar-refractivity contribution in [3.63, 3.8) is 0 Å². The highest BCUT2D eigenvalue weighted by Crippen LogP contribution is 2.48. The number of morpholine rings is 1. The van der Waals surface area contributed by atoms with Crippen LogP contribution >= 0.6 is 0 Å². The molecule has 10 nitrogen and oxygen atoms in total. The Hall–Kier alpha value is -4.68. The predicted molar refractivity (Wildman–Crippen MR) is 156 cm³/mol. The van der Waals surface area contributed by atoms with Crippen molar-refractivity contribution in [3.05, 3.63) is 72.4 Å². The van der Waals surface area contributed by atoms with Crippen LogP contribution in [0.5, 0.6) is 28.7 Å². The molecule has 2 aliphatic rings. The summed E-state index contributed by atoms with van der Waals surface area (Å²) in [6.07, 6.45) is 2.50. The zero-order valence-corrected chi connectivity index (χ0v) is 23.2. The molecule has 43 heavy (non-hydrogen) atoms. The first-order valence-corrected chi connectivity index (χ1v) is 14.0. The number of nitrogens with one attached hydrogen (secondary N) is 2. The molecule has 1 aromatic heterocycles. The number of rotatable bonds is 9. The van der Waals surface area contributed by atoms with E-state index in [0.717, 1.165) is 51.4 Å². The molecule has 0 radical (unpaired) electrons. The molecule has 6 rings (SSSR count). The Kier molecular flexibility index (Phi) is 8.66. The molecule has 2 amide bonds. The zero-order valence-electron chi connectivity index (χ0n) is 23.2. The number of amides is 2. The summed E-state index contributed by atoms with van der Waals surface area (Å²) in [4.78, 5) is 19.2. The molecule has 3 heterocycles. The Morgan fingerprint density at radius 2 is 1.70 bits per heavy atom. The molecule has 4 aromatic rings. The average Bonchev–Trinajstić information content (AvgIpc) is 3.02. The van der Waals surface area contributed by atoms with E-state index in [1.807, 2.05) is 6.07 Å². The number of pyridine rings is 1. The molecule has 0 unspecified atom stereocenters. The van der Waals surface area contributed by atoms with Gasteiger partial charge in [0.1, 0.15) is 36.3 Å². The van der Waals surface area contributed by atoms with Gasteiger partial charge in [-0.25, -0.2) is 13.6 Å². The van der Waals surface area contributed by atoms with Crippen LogP contribution in [0.2, 0.25) is 0 Å². The summed E-state index contributed by atoms with van der Waals surface area (Å²) in [5.74, 6) is 1.01. The quantitative estimate of drug-likeness (QED) is 0.235. The molecule has 0 saturated carbocycles. The van der Waals surface area contributed by atoms with Gasteiger partial charge in [-0.2, -0.15) is 0 Å². The van der Waals surface area contributed by atoms with E-state index in [2.05, 4.69) is 20.5 Å². The highest BCUT2D eigenvalue weighted by atomic mass is 19.1. The van der Waals surface area contributed by atoms with Gasteiger partial charge in [-0.1, -0.05) is 0 Å². The number of carbonyl (C=O) groups excluding carboxylic acids is 1. The molecule has 0 atom stereocenters. The first kappa shape index (κ1) is 28.4. The van der Waals surface area contributed by atoms with Gasteiger partial charge < -0.3 is 34.3 Å². The van der Waals surface area contributed by atoms with Crippen molar-refractivity contribution in [3.8, 4) is 28.7 Å². The van der Waals surface area contributed by atoms with Crippen molar-refractivity contribution in [1.82, 2.24) is 9.88 Å². The van der Waals surface area contributed by atoms with Crippen molar-refractivity contribution in [2.45, 2.75) is 6.42 Å². The number of nitrogens with zero attached hydrogens (tertiary/aromatic N) is 2. The lowest BCUT2D eigenvalue weighted by atomic mass is 10.1. The van der Waals surface area contributed by atoms with Gasteiger partial charge in [-0.05, 0) is 48.9 Å². The maximum atomic E-state index is 13.8. The van der Waals surface area contributed by atoms with E-state index in [0.29, 0.717) is 71.2 Å². The summed E-state index contributed by atoms with van der Waals surface area (Å²) < 4.78 is 56.7. The fraction of sp³-hybridized carbons (Fsp3) is 0.290. The van der Waals surface area contributed by atoms with E-state index < -0.39 is 17.7 Å². The predicted octanol–water partition coefficient (Wildman–Crippen LogP) is 5.82. The Morgan fingerprint density at radius 3 is 2.49 bits per heavy atom. The lowest BCUT2D eigenvalue weighted by Crippen LogP contribution is -2.37. The minimum absolute atomic E-state index is 0.139. The number of aromatic nitrogens is 1. The number of benzene rings is 3. The highest BCUT2D eigenvalue weighted by molar-refractivity contribution is 6.00. The SMILES string of the molecule is O=C(Nc1ccc(Oc2ccnc3cc(OCCCN4CCOCC4)c4c(c23)OCCO4)cc1)Nc1ccc(F)cc1F. The van der Waals surface area contributed by atoms with E-state index in [4.69, 9.17) is 23.7 Å². The number of urea groups is 1. The molecule has 1 fully saturated rings. The molecule has 224 valence electrons. The summed E-state index contributed by atoms with van der Waals surface area (Å²) in [6.45, 7) is 5.62. The molecule has 12 heteroatoms. The van der Waals surface area contributed by atoms with Gasteiger partial charge >= 0.3 is 6.03 Å². The monoisotopic (exact) mass is 592 g/mol. The maximum absolute atomic E-state index is 13.8. The van der Waals surface area contributed by atoms with Gasteiger partial charge in [0.25, 0.3) is 0 Å². The van der Waals surface area contributed by atoms with Crippen LogP contribution in [-0.2, 0) is 4.74 Å². The number of ether oxygens (including phenoxy) is 5. The van der Waals surface area contributed by atoms with Crippen molar-refractivity contribution in [2.75, 3.05) is 63.3 Å². The summed E-state index contributed by atoms with van der Waals surface area (Å²) in [5.41, 5.74) is 0.934. The number of hydrogen-bond acceptors (Lipinski definition) is 8. The summed E-state index contributed by atoms with van der Waals surface area (Å²) >= 11 is 0. The van der Waals surface area contributed by atoms with E-state index in [1.165, 1.54) is 0 Å². The Balaban J connectivity index is 1.14. The maximum Gasteiger partial charge on any atom is 0.323 e. The fourth-order valence-corrected chi connectivity index (χ4v) is 4.87. The summed E-state index contributed by atoms with van der Waals surface area (Å²) in [5, 5.41) is 5.61. The van der Waals surface area contributed by atoms with E-state index in [1.54, 1.807) is 36.5 Å². The first-order valence-electron chi connectivity index (χ1n) is 14.0. The molecule has 0 spiro atoms. The van der Waals surface area contributed by atoms with Gasteiger partial charge in [0, 0.05) is 43.7 Å². The second-order valence-electron chi connectivity index (χ2n) is 9.92. The topological polar surface area (TPSA) is 103 Å². The third-order valence-corrected chi connectivity index (χ3v) is 6.94. The molecule has 0 aliphatic carbocycles. The van der Waals surface area contributed by atoms with E-state index in [9.17, 15) is 13.6 Å². The summed E-state index contributed by atoms with van der Waals surface area (Å²) in [6, 6.07) is 12.4. The van der Waals surface area contributed by atoms with Crippen LogP contribution < -0.4 is 29.6 Å². The Morgan fingerprint density at radius 1 is 0.907 bits per heavy atom. The molecule has 1 saturated heterocycles. The van der Waals surface area contributed by atoms with Crippen molar-refractivity contribution < 1.29 is 37.3 Å². The first-order chi connectivity index (χ1) is 21.0. The third kappa shape index (κ3) is 6.87. The number of hydrogen-bond donors (Lipinski definition) is 2. The van der Waals surface area contributed by atoms with Crippen molar-refractivity contribution in [2.24, 2.45) is 0 Å². The average molecular weight is 593 g/mol. The van der Waals surface area contributed by atoms with Crippen LogP contribution in [0, 0.1) is 11.6 Å². The van der Waals surface area contributed by atoms with Crippen LogP contribution in [0.25, 0.3) is 10.9 Å². The number of anilines is 2. The molecule has 3 aromatic carbocycles. The standard InChI is InChI=1S/C31H30F2N4O6/c32-20-2-7-24(23(33)18-20)36-31(38)35-21-3-5-22(6-4-21)43-26-8-9-34-25-19-27(29-30(28(25)26)42-17-16-41-29)40-13-1-10-37-11-14-39-15-12-37/h2-9,18-19H,1,10-17H2,(H2,35,36,38). The van der Waals surface area contributed by atoms with Gasteiger partial charge in [-0.3, -0.25) is 9.88 Å². The minimum Gasteiger partial charge on any atom is -0.489 e. The number of carbonyl (C=O) groups is 1. The van der Waals surface area contributed by atoms with E-state index >= 15 is 0 Å². The van der Waals surface area contributed by atoms with Gasteiger partial charge in [-0.15, -0.1) is 0 Å². The molecule has 0 bridgehead atoms. The molecule has 2 aliphatic heterocycles. The van der Waals surface area contributed by atoms with Gasteiger partial charge in [0.2, 0.25) is 5.75 Å². The Labute approximate surface area is 246 Å². The highest BCUT2D eigenvalue weighted by Gasteiger charge is 2.25. The van der Waals surface area contributed by atoms with Crippen LogP contribution in [0.4, 0.5) is 25.0 Å². The second kappa shape index (κ2) is 13.1. The third-order valence-electron chi connectivity index (χ3n) is 6.94. The normalized spacial score (nSPS) is 14.7. The van der Waals surface area contributed by atoms with Crippen LogP contribution in [0.15, 0.2) is 60.8 Å². The zero-order chi connectivity index (χ0) is 29.6. The van der Waals surface area contributed by atoms with Crippen LogP contribution in [0.3, 0.4) is 0 Å². The van der Waals surface area contributed by atoms with Gasteiger partial charge in [0.05, 0.1) is 36.4 Å². The van der Waals surface area contributed by atoms with Gasteiger partial charge in [0.15, 0.2) is 11.5 Å². The summed E-state index contributed by atoms with van der Waals surface area (Å²) in [7, 11) is 0.